The van der Waals surface area contributed by atoms with E-state index in [0.29, 0.717) is 11.7 Å². The molecule has 2 atom stereocenters. The van der Waals surface area contributed by atoms with Gasteiger partial charge in [0.05, 0.1) is 5.92 Å². The third-order valence-electron chi connectivity index (χ3n) is 3.27. The molecule has 1 aliphatic carbocycles. The Morgan fingerprint density at radius 2 is 2.35 bits per heavy atom. The van der Waals surface area contributed by atoms with Gasteiger partial charge in [-0.3, -0.25) is 4.68 Å². The summed E-state index contributed by atoms with van der Waals surface area (Å²) >= 11 is 0. The van der Waals surface area contributed by atoms with Crippen LogP contribution in [0, 0.1) is 0 Å². The molecule has 0 aliphatic heterocycles. The molecule has 2 unspecified atom stereocenters. The van der Waals surface area contributed by atoms with Crippen molar-refractivity contribution >= 4 is 0 Å². The Kier molecular flexibility index (Phi) is 2.44. The summed E-state index contributed by atoms with van der Waals surface area (Å²) in [4.78, 5) is 4.39. The highest BCUT2D eigenvalue weighted by molar-refractivity contribution is 5.46. The summed E-state index contributed by atoms with van der Waals surface area (Å²) in [6.45, 7) is 0. The first kappa shape index (κ1) is 10.5. The Balaban J connectivity index is 1.87. The highest BCUT2D eigenvalue weighted by Crippen LogP contribution is 2.32. The van der Waals surface area contributed by atoms with Crippen LogP contribution in [0.5, 0.6) is 0 Å². The van der Waals surface area contributed by atoms with Gasteiger partial charge in [-0.05, 0) is 18.9 Å². The monoisotopic (exact) mass is 233 g/mol. The second-order valence-electron chi connectivity index (χ2n) is 4.53. The van der Waals surface area contributed by atoms with E-state index in [4.69, 9.17) is 10.3 Å². The first-order chi connectivity index (χ1) is 8.24. The maximum atomic E-state index is 6.02. The molecule has 2 aromatic heterocycles. The van der Waals surface area contributed by atoms with Crippen LogP contribution >= 0.6 is 0 Å². The van der Waals surface area contributed by atoms with Gasteiger partial charge in [-0.2, -0.15) is 10.1 Å². The SMILES string of the molecule is Cn1ccc(-c2noc(C3CCCC3N)n2)n1. The van der Waals surface area contributed by atoms with Gasteiger partial charge in [0.1, 0.15) is 5.69 Å². The Bertz CT molecular complexity index is 517. The molecule has 0 saturated heterocycles. The van der Waals surface area contributed by atoms with Crippen LogP contribution in [0.25, 0.3) is 11.5 Å². The van der Waals surface area contributed by atoms with Gasteiger partial charge in [0.25, 0.3) is 0 Å². The predicted molar refractivity (Wildman–Crippen MR) is 61.1 cm³/mol. The summed E-state index contributed by atoms with van der Waals surface area (Å²) in [6.07, 6.45) is 5.05. The maximum Gasteiger partial charge on any atom is 0.231 e. The molecule has 0 amide bonds. The minimum absolute atomic E-state index is 0.145. The average Bonchev–Trinajstić information content (AvgIpc) is 2.97. The molecule has 0 spiro atoms. The van der Waals surface area contributed by atoms with Gasteiger partial charge in [-0.25, -0.2) is 0 Å². The molecular formula is C11H15N5O. The highest BCUT2D eigenvalue weighted by Gasteiger charge is 2.30. The minimum Gasteiger partial charge on any atom is -0.339 e. The quantitative estimate of drug-likeness (QED) is 0.838. The maximum absolute atomic E-state index is 6.02. The summed E-state index contributed by atoms with van der Waals surface area (Å²) in [5, 5.41) is 8.20. The van der Waals surface area contributed by atoms with Crippen LogP contribution in [0.15, 0.2) is 16.8 Å². The normalized spacial score (nSPS) is 24.4. The summed E-state index contributed by atoms with van der Waals surface area (Å²) < 4.78 is 7.01. The third-order valence-corrected chi connectivity index (χ3v) is 3.27. The smallest absolute Gasteiger partial charge is 0.231 e. The van der Waals surface area contributed by atoms with Crippen LogP contribution in [0.2, 0.25) is 0 Å². The van der Waals surface area contributed by atoms with E-state index in [1.54, 1.807) is 4.68 Å². The number of nitrogens with two attached hydrogens (primary N) is 1. The topological polar surface area (TPSA) is 82.8 Å². The lowest BCUT2D eigenvalue weighted by Crippen LogP contribution is -2.22. The van der Waals surface area contributed by atoms with Gasteiger partial charge in [0, 0.05) is 19.3 Å². The zero-order valence-electron chi connectivity index (χ0n) is 9.71. The lowest BCUT2D eigenvalue weighted by atomic mass is 10.1. The fourth-order valence-electron chi connectivity index (χ4n) is 2.32. The molecule has 0 radical (unpaired) electrons. The average molecular weight is 233 g/mol. The largest absolute Gasteiger partial charge is 0.339 e. The van der Waals surface area contributed by atoms with E-state index < -0.39 is 0 Å². The van der Waals surface area contributed by atoms with Crippen LogP contribution in [0.4, 0.5) is 0 Å². The fourth-order valence-corrected chi connectivity index (χ4v) is 2.32. The minimum atomic E-state index is 0.145. The first-order valence-electron chi connectivity index (χ1n) is 5.83. The predicted octanol–water partition coefficient (Wildman–Crippen LogP) is 1.06. The molecule has 2 N–H and O–H groups in total. The Labute approximate surface area is 98.8 Å². The summed E-state index contributed by atoms with van der Waals surface area (Å²) in [7, 11) is 1.86. The van der Waals surface area contributed by atoms with Gasteiger partial charge in [0.15, 0.2) is 0 Å². The second kappa shape index (κ2) is 3.96. The molecule has 3 rings (SSSR count). The molecule has 1 aliphatic rings. The fraction of sp³-hybridized carbons (Fsp3) is 0.545. The number of aromatic nitrogens is 4. The Morgan fingerprint density at radius 3 is 3.00 bits per heavy atom. The number of rotatable bonds is 2. The Hall–Kier alpha value is -1.69. The lowest BCUT2D eigenvalue weighted by molar-refractivity contribution is 0.345. The van der Waals surface area contributed by atoms with Gasteiger partial charge in [-0.15, -0.1) is 0 Å². The van der Waals surface area contributed by atoms with Crippen molar-refractivity contribution in [3.8, 4) is 11.5 Å². The van der Waals surface area contributed by atoms with Crippen molar-refractivity contribution < 1.29 is 4.52 Å². The summed E-state index contributed by atoms with van der Waals surface area (Å²) in [5.74, 6) is 1.40. The van der Waals surface area contributed by atoms with Crippen molar-refractivity contribution in [3.05, 3.63) is 18.2 Å². The Morgan fingerprint density at radius 1 is 1.47 bits per heavy atom. The molecule has 6 heteroatoms. The van der Waals surface area contributed by atoms with Crippen molar-refractivity contribution in [1.29, 1.82) is 0 Å². The highest BCUT2D eigenvalue weighted by atomic mass is 16.5. The van der Waals surface area contributed by atoms with Gasteiger partial charge < -0.3 is 10.3 Å². The van der Waals surface area contributed by atoms with E-state index in [0.717, 1.165) is 25.0 Å². The lowest BCUT2D eigenvalue weighted by Gasteiger charge is -2.08. The van der Waals surface area contributed by atoms with Crippen molar-refractivity contribution in [2.75, 3.05) is 0 Å². The molecule has 0 aromatic carbocycles. The molecule has 0 bridgehead atoms. The van der Waals surface area contributed by atoms with Crippen molar-refractivity contribution in [2.45, 2.75) is 31.2 Å². The van der Waals surface area contributed by atoms with E-state index in [9.17, 15) is 0 Å². The zero-order valence-corrected chi connectivity index (χ0v) is 9.71. The van der Waals surface area contributed by atoms with Crippen LogP contribution < -0.4 is 5.73 Å². The van der Waals surface area contributed by atoms with E-state index in [2.05, 4.69) is 15.2 Å². The van der Waals surface area contributed by atoms with E-state index in [-0.39, 0.29) is 12.0 Å². The van der Waals surface area contributed by atoms with Crippen molar-refractivity contribution in [3.63, 3.8) is 0 Å². The second-order valence-corrected chi connectivity index (χ2v) is 4.53. The number of hydrogen-bond acceptors (Lipinski definition) is 5. The van der Waals surface area contributed by atoms with E-state index >= 15 is 0 Å². The van der Waals surface area contributed by atoms with E-state index in [1.807, 2.05) is 19.3 Å². The molecule has 1 saturated carbocycles. The van der Waals surface area contributed by atoms with Gasteiger partial charge in [-0.1, -0.05) is 11.6 Å². The molecule has 2 heterocycles. The number of aryl methyl sites for hydroxylation is 1. The van der Waals surface area contributed by atoms with E-state index in [1.165, 1.54) is 0 Å². The molecular weight excluding hydrogens is 218 g/mol. The van der Waals surface area contributed by atoms with Crippen LogP contribution in [-0.2, 0) is 7.05 Å². The number of hydrogen-bond donors (Lipinski definition) is 1. The van der Waals surface area contributed by atoms with Crippen LogP contribution in [0.3, 0.4) is 0 Å². The van der Waals surface area contributed by atoms with Crippen LogP contribution in [0.1, 0.15) is 31.1 Å². The van der Waals surface area contributed by atoms with Crippen LogP contribution in [-0.4, -0.2) is 26.0 Å². The standard InChI is InChI=1S/C11H15N5O/c1-16-6-5-9(14-16)10-13-11(17-15-10)7-3-2-4-8(7)12/h5-8H,2-4,12H2,1H3. The third kappa shape index (κ3) is 1.84. The molecule has 2 aromatic rings. The molecule has 1 fully saturated rings. The molecule has 17 heavy (non-hydrogen) atoms. The molecule has 90 valence electrons. The zero-order chi connectivity index (χ0) is 11.8. The summed E-state index contributed by atoms with van der Waals surface area (Å²) in [5.41, 5.74) is 6.75. The molecule has 6 nitrogen and oxygen atoms in total. The summed E-state index contributed by atoms with van der Waals surface area (Å²) in [6, 6.07) is 2.01. The first-order valence-corrected chi connectivity index (χ1v) is 5.83. The van der Waals surface area contributed by atoms with Gasteiger partial charge >= 0.3 is 0 Å². The van der Waals surface area contributed by atoms with Gasteiger partial charge in [0.2, 0.25) is 11.7 Å². The number of nitrogens with zero attached hydrogens (tertiary/aromatic N) is 4. The van der Waals surface area contributed by atoms with Crippen molar-refractivity contribution in [1.82, 2.24) is 19.9 Å². The van der Waals surface area contributed by atoms with Crippen molar-refractivity contribution in [2.24, 2.45) is 12.8 Å².